The van der Waals surface area contributed by atoms with Crippen molar-refractivity contribution in [3.63, 3.8) is 0 Å². The molecule has 5 rings (SSSR count). The Morgan fingerprint density at radius 2 is 1.65 bits per heavy atom. The van der Waals surface area contributed by atoms with E-state index in [-0.39, 0.29) is 5.92 Å². The van der Waals surface area contributed by atoms with E-state index in [9.17, 15) is 5.11 Å². The van der Waals surface area contributed by atoms with Gasteiger partial charge in [-0.1, -0.05) is 100.0 Å². The molecular weight excluding hydrogens is 376 g/mol. The smallest absolute Gasteiger partial charge is 0.0973 e. The molecule has 4 unspecified atom stereocenters. The lowest BCUT2D eigenvalue weighted by Crippen LogP contribution is -2.52. The highest BCUT2D eigenvalue weighted by molar-refractivity contribution is 5.95. The molecule has 0 amide bonds. The minimum atomic E-state index is -0.845. The summed E-state index contributed by atoms with van der Waals surface area (Å²) < 4.78 is 0. The van der Waals surface area contributed by atoms with Crippen molar-refractivity contribution >= 4 is 22.4 Å². The monoisotopic (exact) mass is 410 g/mol. The highest BCUT2D eigenvalue weighted by Crippen LogP contribution is 2.50. The predicted molar refractivity (Wildman–Crippen MR) is 131 cm³/mol. The van der Waals surface area contributed by atoms with Gasteiger partial charge in [0.15, 0.2) is 0 Å². The van der Waals surface area contributed by atoms with Crippen molar-refractivity contribution in [3.05, 3.63) is 82.7 Å². The fourth-order valence-electron chi connectivity index (χ4n) is 6.41. The van der Waals surface area contributed by atoms with Gasteiger partial charge in [-0.2, -0.15) is 0 Å². The van der Waals surface area contributed by atoms with Crippen molar-refractivity contribution in [2.24, 2.45) is 23.7 Å². The van der Waals surface area contributed by atoms with Gasteiger partial charge in [0.2, 0.25) is 0 Å². The Balaban J connectivity index is 1.81. The second kappa shape index (κ2) is 7.95. The summed E-state index contributed by atoms with van der Waals surface area (Å²) in [6.07, 6.45) is 6.57. The average Bonchev–Trinajstić information content (AvgIpc) is 2.78. The van der Waals surface area contributed by atoms with Gasteiger partial charge in [-0.3, -0.25) is 0 Å². The molecule has 1 heteroatoms. The molecule has 0 saturated heterocycles. The first-order valence-corrected chi connectivity index (χ1v) is 12.0. The molecule has 1 fully saturated rings. The number of rotatable bonds is 3. The van der Waals surface area contributed by atoms with Crippen molar-refractivity contribution in [2.75, 3.05) is 0 Å². The van der Waals surface area contributed by atoms with Crippen LogP contribution in [0, 0.1) is 23.7 Å². The summed E-state index contributed by atoms with van der Waals surface area (Å²) >= 11 is 0. The second-order valence-electron chi connectivity index (χ2n) is 10.3. The van der Waals surface area contributed by atoms with Crippen LogP contribution in [0.15, 0.2) is 66.7 Å². The van der Waals surface area contributed by atoms with E-state index in [1.54, 1.807) is 0 Å². The number of hydrogen-bond acceptors (Lipinski definition) is 1. The first kappa shape index (κ1) is 20.5. The van der Waals surface area contributed by atoms with E-state index >= 15 is 0 Å². The minimum Gasteiger partial charge on any atom is -0.384 e. The molecule has 0 aromatic heterocycles. The molecule has 4 atom stereocenters. The van der Waals surface area contributed by atoms with Crippen molar-refractivity contribution in [1.82, 2.24) is 0 Å². The molecule has 2 aliphatic rings. The normalized spacial score (nSPS) is 28.4. The van der Waals surface area contributed by atoms with Gasteiger partial charge in [-0.25, -0.2) is 0 Å². The molecule has 3 aromatic carbocycles. The van der Waals surface area contributed by atoms with Crippen LogP contribution < -0.4 is 10.4 Å². The molecule has 1 N–H and O–H groups in total. The van der Waals surface area contributed by atoms with Crippen LogP contribution in [-0.4, -0.2) is 10.7 Å². The Labute approximate surface area is 186 Å². The summed E-state index contributed by atoms with van der Waals surface area (Å²) in [7, 11) is 0. The zero-order valence-electron chi connectivity index (χ0n) is 19.0. The Morgan fingerprint density at radius 1 is 0.903 bits per heavy atom. The Bertz CT molecular complexity index is 1220. The van der Waals surface area contributed by atoms with E-state index < -0.39 is 5.60 Å². The molecule has 0 bridgehead atoms. The van der Waals surface area contributed by atoms with Crippen LogP contribution in [0.1, 0.15) is 52.0 Å². The third-order valence-corrected chi connectivity index (χ3v) is 7.99. The predicted octanol–water partition coefficient (Wildman–Crippen LogP) is 5.66. The summed E-state index contributed by atoms with van der Waals surface area (Å²) in [5.74, 6) is 2.06. The van der Waals surface area contributed by atoms with Gasteiger partial charge < -0.3 is 5.11 Å². The third kappa shape index (κ3) is 3.44. The number of hydrogen-bond donors (Lipinski definition) is 1. The highest BCUT2D eigenvalue weighted by atomic mass is 16.3. The molecule has 31 heavy (non-hydrogen) atoms. The molecule has 0 heterocycles. The Morgan fingerprint density at radius 3 is 2.48 bits per heavy atom. The highest BCUT2D eigenvalue weighted by Gasteiger charge is 2.48. The molecule has 160 valence electrons. The van der Waals surface area contributed by atoms with Gasteiger partial charge in [-0.05, 0) is 75.3 Å². The lowest BCUT2D eigenvalue weighted by molar-refractivity contribution is -0.0297. The Hall–Kier alpha value is -2.38. The van der Waals surface area contributed by atoms with E-state index in [1.807, 2.05) is 0 Å². The summed E-state index contributed by atoms with van der Waals surface area (Å²) in [4.78, 5) is 0. The van der Waals surface area contributed by atoms with Crippen LogP contribution in [0.5, 0.6) is 0 Å². The summed E-state index contributed by atoms with van der Waals surface area (Å²) in [6, 6.07) is 23.8. The van der Waals surface area contributed by atoms with Crippen molar-refractivity contribution in [3.8, 4) is 0 Å². The molecule has 3 aromatic rings. The maximum absolute atomic E-state index is 12.7. The summed E-state index contributed by atoms with van der Waals surface area (Å²) in [6.45, 7) is 7.05. The quantitative estimate of drug-likeness (QED) is 0.590. The lowest BCUT2D eigenvalue weighted by atomic mass is 9.59. The van der Waals surface area contributed by atoms with Gasteiger partial charge in [0.1, 0.15) is 0 Å². The Kier molecular flexibility index (Phi) is 5.26. The topological polar surface area (TPSA) is 20.2 Å². The van der Waals surface area contributed by atoms with Crippen LogP contribution in [0.2, 0.25) is 0 Å². The lowest BCUT2D eigenvalue weighted by Gasteiger charge is -2.48. The molecule has 1 saturated carbocycles. The van der Waals surface area contributed by atoms with E-state index in [1.165, 1.54) is 39.6 Å². The van der Waals surface area contributed by atoms with Gasteiger partial charge >= 0.3 is 0 Å². The van der Waals surface area contributed by atoms with E-state index in [2.05, 4.69) is 93.6 Å². The molecule has 0 radical (unpaired) electrons. The standard InChI is InChI=1S/C30H34O/c1-20(2)24-16-15-21(3)19-28(24)30(31)18-17-23-10-5-7-13-26(23)29(30)27-14-8-11-22-9-4-6-12-25(22)27/h4-14,17,20-21,24,28,31H,15-16,18-19H2,1-3H3. The zero-order chi connectivity index (χ0) is 21.6. The van der Waals surface area contributed by atoms with Crippen LogP contribution in [0.4, 0.5) is 0 Å². The van der Waals surface area contributed by atoms with Gasteiger partial charge in [0.25, 0.3) is 0 Å². The van der Waals surface area contributed by atoms with Crippen LogP contribution in [-0.2, 0) is 0 Å². The average molecular weight is 411 g/mol. The van der Waals surface area contributed by atoms with Gasteiger partial charge in [0, 0.05) is 0 Å². The van der Waals surface area contributed by atoms with Crippen molar-refractivity contribution in [2.45, 2.75) is 52.1 Å². The van der Waals surface area contributed by atoms with Crippen molar-refractivity contribution < 1.29 is 5.11 Å². The fourth-order valence-corrected chi connectivity index (χ4v) is 6.41. The van der Waals surface area contributed by atoms with Crippen molar-refractivity contribution in [1.29, 1.82) is 0 Å². The first-order chi connectivity index (χ1) is 15.0. The third-order valence-electron chi connectivity index (χ3n) is 7.99. The molecule has 0 spiro atoms. The van der Waals surface area contributed by atoms with E-state index in [0.717, 1.165) is 12.0 Å². The number of aliphatic hydroxyl groups is 1. The number of benzene rings is 3. The maximum atomic E-state index is 12.7. The summed E-state index contributed by atoms with van der Waals surface area (Å²) in [5.41, 5.74) is 1.50. The van der Waals surface area contributed by atoms with Crippen LogP contribution in [0.25, 0.3) is 22.4 Å². The second-order valence-corrected chi connectivity index (χ2v) is 10.3. The molecule has 1 nitrogen and oxygen atoms in total. The molecular formula is C30H34O. The minimum absolute atomic E-state index is 0.273. The largest absolute Gasteiger partial charge is 0.384 e. The van der Waals surface area contributed by atoms with Gasteiger partial charge in [-0.15, -0.1) is 0 Å². The van der Waals surface area contributed by atoms with E-state index in [0.29, 0.717) is 24.2 Å². The maximum Gasteiger partial charge on any atom is 0.0973 e. The summed E-state index contributed by atoms with van der Waals surface area (Å²) in [5, 5.41) is 17.6. The van der Waals surface area contributed by atoms with Gasteiger partial charge in [0.05, 0.1) is 5.60 Å². The SMILES string of the molecule is CC1CCC(C(C)C)C(C2(O)CC=c3ccccc3=C2c2cccc3ccccc23)C1. The molecule has 2 aliphatic carbocycles. The zero-order valence-corrected chi connectivity index (χ0v) is 19.0. The molecule has 0 aliphatic heterocycles. The van der Waals surface area contributed by atoms with Crippen LogP contribution in [0.3, 0.4) is 0 Å². The van der Waals surface area contributed by atoms with Crippen LogP contribution >= 0.6 is 0 Å². The van der Waals surface area contributed by atoms with E-state index in [4.69, 9.17) is 0 Å². The first-order valence-electron chi connectivity index (χ1n) is 12.0. The number of fused-ring (bicyclic) bond motifs is 2. The fraction of sp³-hybridized carbons (Fsp3) is 0.400.